The van der Waals surface area contributed by atoms with E-state index in [1.54, 1.807) is 25.1 Å². The van der Waals surface area contributed by atoms with Crippen LogP contribution in [0.5, 0.6) is 0 Å². The summed E-state index contributed by atoms with van der Waals surface area (Å²) in [4.78, 5) is 23.9. The minimum atomic E-state index is -0.782. The van der Waals surface area contributed by atoms with Crippen LogP contribution in [0.4, 0.5) is 11.4 Å². The number of carboxylic acids is 1. The highest BCUT2D eigenvalue weighted by Crippen LogP contribution is 2.36. The van der Waals surface area contributed by atoms with Crippen molar-refractivity contribution in [2.24, 2.45) is 5.92 Å². The Bertz CT molecular complexity index is 544. The fourth-order valence-electron chi connectivity index (χ4n) is 2.87. The number of carboxylic acid groups (broad SMARTS) is 1. The van der Waals surface area contributed by atoms with Crippen LogP contribution in [0, 0.1) is 23.0 Å². The first-order valence-corrected chi connectivity index (χ1v) is 6.65. The van der Waals surface area contributed by atoms with E-state index in [1.807, 2.05) is 11.8 Å². The highest BCUT2D eigenvalue weighted by molar-refractivity contribution is 5.72. The van der Waals surface area contributed by atoms with Gasteiger partial charge in [0.1, 0.15) is 5.69 Å². The van der Waals surface area contributed by atoms with Gasteiger partial charge in [-0.3, -0.25) is 14.9 Å². The van der Waals surface area contributed by atoms with E-state index in [9.17, 15) is 14.9 Å². The van der Waals surface area contributed by atoms with Crippen molar-refractivity contribution in [3.63, 3.8) is 0 Å². The second kappa shape index (κ2) is 5.48. The number of hydrogen-bond donors (Lipinski definition) is 1. The van der Waals surface area contributed by atoms with E-state index in [-0.39, 0.29) is 22.6 Å². The van der Waals surface area contributed by atoms with Crippen molar-refractivity contribution in [1.29, 1.82) is 0 Å². The molecule has 6 heteroatoms. The van der Waals surface area contributed by atoms with Crippen LogP contribution in [-0.2, 0) is 4.79 Å². The summed E-state index contributed by atoms with van der Waals surface area (Å²) >= 11 is 0. The minimum Gasteiger partial charge on any atom is -0.481 e. The zero-order valence-electron chi connectivity index (χ0n) is 11.6. The molecule has 1 heterocycles. The Balaban J connectivity index is 2.32. The Morgan fingerprint density at radius 2 is 2.20 bits per heavy atom. The molecule has 0 amide bonds. The summed E-state index contributed by atoms with van der Waals surface area (Å²) in [6.07, 6.45) is 1.03. The van der Waals surface area contributed by atoms with Gasteiger partial charge in [0.2, 0.25) is 0 Å². The highest BCUT2D eigenvalue weighted by atomic mass is 16.6. The zero-order chi connectivity index (χ0) is 14.9. The molecule has 2 unspecified atom stereocenters. The number of nitrogens with zero attached hydrogens (tertiary/aromatic N) is 2. The second-order valence-electron chi connectivity index (χ2n) is 5.30. The average Bonchev–Trinajstić information content (AvgIpc) is 2.37. The van der Waals surface area contributed by atoms with E-state index >= 15 is 0 Å². The molecule has 1 aliphatic heterocycles. The van der Waals surface area contributed by atoms with Crippen molar-refractivity contribution in [3.8, 4) is 0 Å². The van der Waals surface area contributed by atoms with Gasteiger partial charge in [0.15, 0.2) is 0 Å². The lowest BCUT2D eigenvalue weighted by molar-refractivity contribution is -0.384. The van der Waals surface area contributed by atoms with Crippen molar-refractivity contribution in [2.45, 2.75) is 32.7 Å². The predicted molar refractivity (Wildman–Crippen MR) is 75.0 cm³/mol. The number of benzene rings is 1. The number of carbonyl (C=O) groups is 1. The van der Waals surface area contributed by atoms with Crippen LogP contribution in [0.2, 0.25) is 0 Å². The van der Waals surface area contributed by atoms with Crippen molar-refractivity contribution in [1.82, 2.24) is 0 Å². The van der Waals surface area contributed by atoms with Crippen LogP contribution in [0.15, 0.2) is 18.2 Å². The summed E-state index contributed by atoms with van der Waals surface area (Å²) in [7, 11) is 0. The maximum Gasteiger partial charge on any atom is 0.306 e. The van der Waals surface area contributed by atoms with Crippen LogP contribution in [0.3, 0.4) is 0 Å². The Kier molecular flexibility index (Phi) is 3.92. The van der Waals surface area contributed by atoms with Crippen molar-refractivity contribution in [3.05, 3.63) is 33.9 Å². The Morgan fingerprint density at radius 3 is 2.75 bits per heavy atom. The molecule has 0 bridgehead atoms. The van der Waals surface area contributed by atoms with Crippen molar-refractivity contribution >= 4 is 17.3 Å². The summed E-state index contributed by atoms with van der Waals surface area (Å²) < 4.78 is 0. The molecule has 2 rings (SSSR count). The third kappa shape index (κ3) is 2.59. The number of piperidine rings is 1. The van der Waals surface area contributed by atoms with Gasteiger partial charge in [-0.15, -0.1) is 0 Å². The molecule has 1 aromatic rings. The SMILES string of the molecule is Cc1cccc(N2CCC(C(=O)O)CC2C)c1[N+](=O)[O-]. The minimum absolute atomic E-state index is 0.0228. The van der Waals surface area contributed by atoms with Gasteiger partial charge in [-0.25, -0.2) is 0 Å². The van der Waals surface area contributed by atoms with E-state index in [0.29, 0.717) is 30.6 Å². The highest BCUT2D eigenvalue weighted by Gasteiger charge is 2.33. The number of rotatable bonds is 3. The second-order valence-corrected chi connectivity index (χ2v) is 5.30. The molecule has 108 valence electrons. The Hall–Kier alpha value is -2.11. The fraction of sp³-hybridized carbons (Fsp3) is 0.500. The number of anilines is 1. The molecule has 0 radical (unpaired) electrons. The van der Waals surface area contributed by atoms with Crippen LogP contribution in [0.25, 0.3) is 0 Å². The molecule has 20 heavy (non-hydrogen) atoms. The smallest absolute Gasteiger partial charge is 0.306 e. The predicted octanol–water partition coefficient (Wildman–Crippen LogP) is 2.59. The lowest BCUT2D eigenvalue weighted by atomic mass is 9.91. The first-order chi connectivity index (χ1) is 9.41. The topological polar surface area (TPSA) is 83.7 Å². The molecular weight excluding hydrogens is 260 g/mol. The normalized spacial score (nSPS) is 22.6. The van der Waals surface area contributed by atoms with Gasteiger partial charge < -0.3 is 10.0 Å². The molecular formula is C14H18N2O4. The number of hydrogen-bond acceptors (Lipinski definition) is 4. The Morgan fingerprint density at radius 1 is 1.50 bits per heavy atom. The monoisotopic (exact) mass is 278 g/mol. The van der Waals surface area contributed by atoms with Crippen molar-refractivity contribution in [2.75, 3.05) is 11.4 Å². The van der Waals surface area contributed by atoms with Crippen LogP contribution < -0.4 is 4.90 Å². The molecule has 1 aliphatic rings. The molecule has 1 fully saturated rings. The Labute approximate surface area is 117 Å². The first kappa shape index (κ1) is 14.3. The van der Waals surface area contributed by atoms with E-state index in [4.69, 9.17) is 5.11 Å². The number of para-hydroxylation sites is 1. The van der Waals surface area contributed by atoms with Gasteiger partial charge in [-0.1, -0.05) is 12.1 Å². The molecule has 0 aromatic heterocycles. The molecule has 6 nitrogen and oxygen atoms in total. The quantitative estimate of drug-likeness (QED) is 0.678. The van der Waals surface area contributed by atoms with Crippen LogP contribution >= 0.6 is 0 Å². The number of aliphatic carboxylic acids is 1. The van der Waals surface area contributed by atoms with Crippen LogP contribution in [0.1, 0.15) is 25.3 Å². The van der Waals surface area contributed by atoms with E-state index in [1.165, 1.54) is 0 Å². The first-order valence-electron chi connectivity index (χ1n) is 6.65. The molecule has 1 aromatic carbocycles. The lowest BCUT2D eigenvalue weighted by Crippen LogP contribution is -2.43. The fourth-order valence-corrected chi connectivity index (χ4v) is 2.87. The van der Waals surface area contributed by atoms with Crippen molar-refractivity contribution < 1.29 is 14.8 Å². The van der Waals surface area contributed by atoms with Gasteiger partial charge in [0.25, 0.3) is 5.69 Å². The van der Waals surface area contributed by atoms with Crippen LogP contribution in [-0.4, -0.2) is 28.6 Å². The van der Waals surface area contributed by atoms with Gasteiger partial charge in [0.05, 0.1) is 10.8 Å². The summed E-state index contributed by atoms with van der Waals surface area (Å²) in [5.41, 5.74) is 1.33. The summed E-state index contributed by atoms with van der Waals surface area (Å²) in [5.74, 6) is -1.14. The maximum absolute atomic E-state index is 11.2. The van der Waals surface area contributed by atoms with Gasteiger partial charge in [-0.05, 0) is 32.8 Å². The average molecular weight is 278 g/mol. The molecule has 0 spiro atoms. The number of nitro groups is 1. The standard InChI is InChI=1S/C14H18N2O4/c1-9-4-3-5-12(13(9)16(19)20)15-7-6-11(14(17)18)8-10(15)2/h3-5,10-11H,6-8H2,1-2H3,(H,17,18). The lowest BCUT2D eigenvalue weighted by Gasteiger charge is -2.37. The van der Waals surface area contributed by atoms with Gasteiger partial charge >= 0.3 is 5.97 Å². The number of aryl methyl sites for hydroxylation is 1. The van der Waals surface area contributed by atoms with E-state index in [2.05, 4.69) is 0 Å². The number of nitro benzene ring substituents is 1. The summed E-state index contributed by atoms with van der Waals surface area (Å²) in [6, 6.07) is 5.23. The molecule has 2 atom stereocenters. The van der Waals surface area contributed by atoms with E-state index in [0.717, 1.165) is 0 Å². The summed E-state index contributed by atoms with van der Waals surface area (Å²) in [5, 5.41) is 20.3. The molecule has 0 saturated carbocycles. The third-order valence-corrected chi connectivity index (χ3v) is 3.93. The summed E-state index contributed by atoms with van der Waals surface area (Å²) in [6.45, 7) is 4.17. The molecule has 1 N–H and O–H groups in total. The third-order valence-electron chi connectivity index (χ3n) is 3.93. The largest absolute Gasteiger partial charge is 0.481 e. The maximum atomic E-state index is 11.2. The molecule has 1 saturated heterocycles. The van der Waals surface area contributed by atoms with Gasteiger partial charge in [0, 0.05) is 18.2 Å². The molecule has 0 aliphatic carbocycles. The zero-order valence-corrected chi connectivity index (χ0v) is 11.6. The van der Waals surface area contributed by atoms with E-state index < -0.39 is 5.97 Å². The van der Waals surface area contributed by atoms with Gasteiger partial charge in [-0.2, -0.15) is 0 Å².